The summed E-state index contributed by atoms with van der Waals surface area (Å²) in [5, 5.41) is 2.71. The third kappa shape index (κ3) is 3.10. The standard InChI is InChI=1S/C17H16N2O5/c1-22-13-8-11(9-14-15(13)24-6-5-23-14)17(21)19-12-4-2-3-10(7-12)16(18)20/h2-4,7-9H,5-6H2,1H3,(H2,18,20)(H,19,21). The Bertz CT molecular complexity index is 786. The highest BCUT2D eigenvalue weighted by atomic mass is 16.6. The molecular formula is C17H16N2O5. The molecule has 0 fully saturated rings. The van der Waals surface area contributed by atoms with Crippen molar-refractivity contribution in [1.82, 2.24) is 0 Å². The summed E-state index contributed by atoms with van der Waals surface area (Å²) in [7, 11) is 1.49. The van der Waals surface area contributed by atoms with Crippen LogP contribution in [0.4, 0.5) is 5.69 Å². The number of nitrogens with one attached hydrogen (secondary N) is 1. The van der Waals surface area contributed by atoms with E-state index >= 15 is 0 Å². The zero-order valence-corrected chi connectivity index (χ0v) is 13.0. The fraction of sp³-hybridized carbons (Fsp3) is 0.176. The number of hydrogen-bond acceptors (Lipinski definition) is 5. The monoisotopic (exact) mass is 328 g/mol. The molecule has 1 aliphatic rings. The molecule has 3 N–H and O–H groups in total. The molecule has 0 aromatic heterocycles. The number of benzene rings is 2. The van der Waals surface area contributed by atoms with Crippen molar-refractivity contribution in [2.24, 2.45) is 5.73 Å². The molecule has 0 aliphatic carbocycles. The predicted octanol–water partition coefficient (Wildman–Crippen LogP) is 1.82. The van der Waals surface area contributed by atoms with Crippen LogP contribution in [-0.2, 0) is 0 Å². The first-order chi connectivity index (χ1) is 11.6. The molecule has 2 aromatic rings. The van der Waals surface area contributed by atoms with Crippen molar-refractivity contribution >= 4 is 17.5 Å². The van der Waals surface area contributed by atoms with E-state index in [0.717, 1.165) is 0 Å². The molecule has 1 heterocycles. The first kappa shape index (κ1) is 15.7. The van der Waals surface area contributed by atoms with E-state index in [4.69, 9.17) is 19.9 Å². The number of methoxy groups -OCH3 is 1. The van der Waals surface area contributed by atoms with Gasteiger partial charge in [-0.05, 0) is 30.3 Å². The van der Waals surface area contributed by atoms with Crippen LogP contribution < -0.4 is 25.3 Å². The summed E-state index contributed by atoms with van der Waals surface area (Å²) in [6.07, 6.45) is 0. The SMILES string of the molecule is COc1cc(C(=O)Nc2cccc(C(N)=O)c2)cc2c1OCCO2. The minimum Gasteiger partial charge on any atom is -0.493 e. The molecule has 0 saturated carbocycles. The maximum atomic E-state index is 12.5. The summed E-state index contributed by atoms with van der Waals surface area (Å²) >= 11 is 0. The number of amides is 2. The van der Waals surface area contributed by atoms with Gasteiger partial charge in [0, 0.05) is 16.8 Å². The number of rotatable bonds is 4. The lowest BCUT2D eigenvalue weighted by Crippen LogP contribution is -2.18. The van der Waals surface area contributed by atoms with Crippen molar-refractivity contribution in [3.8, 4) is 17.2 Å². The van der Waals surface area contributed by atoms with Crippen LogP contribution >= 0.6 is 0 Å². The summed E-state index contributed by atoms with van der Waals surface area (Å²) in [6, 6.07) is 9.55. The number of fused-ring (bicyclic) bond motifs is 1. The number of nitrogens with two attached hydrogens (primary N) is 1. The molecule has 0 radical (unpaired) electrons. The van der Waals surface area contributed by atoms with Crippen molar-refractivity contribution in [3.63, 3.8) is 0 Å². The molecule has 2 amide bonds. The van der Waals surface area contributed by atoms with Gasteiger partial charge in [-0.2, -0.15) is 0 Å². The van der Waals surface area contributed by atoms with Crippen molar-refractivity contribution in [3.05, 3.63) is 47.5 Å². The molecule has 7 nitrogen and oxygen atoms in total. The second kappa shape index (κ2) is 6.49. The average molecular weight is 328 g/mol. The van der Waals surface area contributed by atoms with E-state index in [9.17, 15) is 9.59 Å². The van der Waals surface area contributed by atoms with Gasteiger partial charge in [-0.15, -0.1) is 0 Å². The van der Waals surface area contributed by atoms with Crippen LogP contribution in [0, 0.1) is 0 Å². The number of carbonyl (C=O) groups is 2. The molecule has 0 atom stereocenters. The summed E-state index contributed by atoms with van der Waals surface area (Å²) in [5.41, 5.74) is 6.36. The van der Waals surface area contributed by atoms with E-state index < -0.39 is 5.91 Å². The fourth-order valence-corrected chi connectivity index (χ4v) is 2.36. The van der Waals surface area contributed by atoms with Crippen LogP contribution in [0.25, 0.3) is 0 Å². The third-order valence-electron chi connectivity index (χ3n) is 3.50. The number of carbonyl (C=O) groups excluding carboxylic acids is 2. The van der Waals surface area contributed by atoms with Gasteiger partial charge in [0.1, 0.15) is 13.2 Å². The smallest absolute Gasteiger partial charge is 0.255 e. The molecule has 2 aromatic carbocycles. The fourth-order valence-electron chi connectivity index (χ4n) is 2.36. The second-order valence-electron chi connectivity index (χ2n) is 5.10. The van der Waals surface area contributed by atoms with E-state index in [1.807, 2.05) is 0 Å². The first-order valence-corrected chi connectivity index (χ1v) is 7.27. The molecular weight excluding hydrogens is 312 g/mol. The van der Waals surface area contributed by atoms with Crippen LogP contribution in [0.2, 0.25) is 0 Å². The van der Waals surface area contributed by atoms with E-state index in [1.165, 1.54) is 13.2 Å². The zero-order valence-electron chi connectivity index (χ0n) is 13.0. The Morgan fingerprint density at radius 2 is 1.92 bits per heavy atom. The normalized spacial score (nSPS) is 12.4. The third-order valence-corrected chi connectivity index (χ3v) is 3.50. The summed E-state index contributed by atoms with van der Waals surface area (Å²) in [6.45, 7) is 0.830. The van der Waals surface area contributed by atoms with E-state index in [-0.39, 0.29) is 5.91 Å². The van der Waals surface area contributed by atoms with E-state index in [1.54, 1.807) is 30.3 Å². The Kier molecular flexibility index (Phi) is 4.24. The molecule has 7 heteroatoms. The van der Waals surface area contributed by atoms with Crippen LogP contribution in [0.1, 0.15) is 20.7 Å². The Labute approximate surface area is 138 Å². The first-order valence-electron chi connectivity index (χ1n) is 7.27. The van der Waals surface area contributed by atoms with Gasteiger partial charge >= 0.3 is 0 Å². The minimum atomic E-state index is -0.563. The van der Waals surface area contributed by atoms with Gasteiger partial charge in [0.05, 0.1) is 7.11 Å². The van der Waals surface area contributed by atoms with Crippen molar-refractivity contribution in [2.75, 3.05) is 25.6 Å². The lowest BCUT2D eigenvalue weighted by atomic mass is 10.1. The highest BCUT2D eigenvalue weighted by Gasteiger charge is 2.21. The van der Waals surface area contributed by atoms with Crippen LogP contribution in [0.3, 0.4) is 0 Å². The molecule has 1 aliphatic heterocycles. The highest BCUT2D eigenvalue weighted by molar-refractivity contribution is 6.05. The average Bonchev–Trinajstić information content (AvgIpc) is 2.60. The molecule has 124 valence electrons. The Hall–Kier alpha value is -3.22. The maximum Gasteiger partial charge on any atom is 0.255 e. The lowest BCUT2D eigenvalue weighted by molar-refractivity contribution is 0.0996. The minimum absolute atomic E-state index is 0.313. The van der Waals surface area contributed by atoms with Crippen molar-refractivity contribution in [1.29, 1.82) is 0 Å². The molecule has 0 spiro atoms. The topological polar surface area (TPSA) is 99.9 Å². The van der Waals surface area contributed by atoms with Gasteiger partial charge in [0.15, 0.2) is 11.5 Å². The highest BCUT2D eigenvalue weighted by Crippen LogP contribution is 2.40. The summed E-state index contributed by atoms with van der Waals surface area (Å²) < 4.78 is 16.3. The largest absolute Gasteiger partial charge is 0.493 e. The predicted molar refractivity (Wildman–Crippen MR) is 86.9 cm³/mol. The Morgan fingerprint density at radius 3 is 2.67 bits per heavy atom. The van der Waals surface area contributed by atoms with Gasteiger partial charge in [-0.3, -0.25) is 9.59 Å². The van der Waals surface area contributed by atoms with Gasteiger partial charge in [-0.25, -0.2) is 0 Å². The van der Waals surface area contributed by atoms with E-state index in [2.05, 4.69) is 5.32 Å². The van der Waals surface area contributed by atoms with Gasteiger partial charge in [0.25, 0.3) is 5.91 Å². The quantitative estimate of drug-likeness (QED) is 0.892. The number of hydrogen-bond donors (Lipinski definition) is 2. The molecule has 3 rings (SSSR count). The maximum absolute atomic E-state index is 12.5. The van der Waals surface area contributed by atoms with Gasteiger partial charge in [-0.1, -0.05) is 6.07 Å². The lowest BCUT2D eigenvalue weighted by Gasteiger charge is -2.21. The van der Waals surface area contributed by atoms with Crippen molar-refractivity contribution in [2.45, 2.75) is 0 Å². The summed E-state index contributed by atoms with van der Waals surface area (Å²) in [5.74, 6) is 0.426. The molecule has 0 saturated heterocycles. The van der Waals surface area contributed by atoms with Gasteiger partial charge < -0.3 is 25.3 Å². The molecule has 24 heavy (non-hydrogen) atoms. The van der Waals surface area contributed by atoms with Gasteiger partial charge in [0.2, 0.25) is 11.7 Å². The van der Waals surface area contributed by atoms with Crippen LogP contribution in [-0.4, -0.2) is 32.1 Å². The molecule has 0 bridgehead atoms. The summed E-state index contributed by atoms with van der Waals surface area (Å²) in [4.78, 5) is 23.7. The van der Waals surface area contributed by atoms with Crippen LogP contribution in [0.15, 0.2) is 36.4 Å². The zero-order chi connectivity index (χ0) is 17.1. The number of anilines is 1. The second-order valence-corrected chi connectivity index (χ2v) is 5.10. The Balaban J connectivity index is 1.87. The molecule has 0 unspecified atom stereocenters. The van der Waals surface area contributed by atoms with Crippen molar-refractivity contribution < 1.29 is 23.8 Å². The van der Waals surface area contributed by atoms with E-state index in [0.29, 0.717) is 47.3 Å². The Morgan fingerprint density at radius 1 is 1.12 bits per heavy atom. The van der Waals surface area contributed by atoms with Crippen LogP contribution in [0.5, 0.6) is 17.2 Å². The number of primary amides is 1. The number of ether oxygens (including phenoxy) is 3.